The monoisotopic (exact) mass is 666 g/mol. The van der Waals surface area contributed by atoms with Gasteiger partial charge >= 0.3 is 0 Å². The smallest absolute Gasteiger partial charge is 0.160 e. The second-order valence-electron chi connectivity index (χ2n) is 14.1. The number of para-hydroxylation sites is 1. The van der Waals surface area contributed by atoms with Crippen LogP contribution < -0.4 is 0 Å². The van der Waals surface area contributed by atoms with Crippen LogP contribution in [0.1, 0.15) is 25.0 Å². The number of fused-ring (bicyclic) bond motifs is 6. The highest BCUT2D eigenvalue weighted by molar-refractivity contribution is 6.10. The van der Waals surface area contributed by atoms with E-state index in [1.807, 2.05) is 36.7 Å². The van der Waals surface area contributed by atoms with Gasteiger partial charge in [0.15, 0.2) is 5.82 Å². The lowest BCUT2D eigenvalue weighted by Crippen LogP contribution is -2.15. The number of rotatable bonds is 5. The van der Waals surface area contributed by atoms with Crippen molar-refractivity contribution in [2.75, 3.05) is 0 Å². The van der Waals surface area contributed by atoms with Crippen LogP contribution >= 0.6 is 0 Å². The lowest BCUT2D eigenvalue weighted by atomic mass is 9.83. The third-order valence-corrected chi connectivity index (χ3v) is 10.7. The van der Waals surface area contributed by atoms with Crippen molar-refractivity contribution < 1.29 is 0 Å². The third kappa shape index (κ3) is 4.79. The highest BCUT2D eigenvalue weighted by Gasteiger charge is 2.35. The molecule has 0 atom stereocenters. The van der Waals surface area contributed by atoms with E-state index in [1.54, 1.807) is 0 Å². The maximum absolute atomic E-state index is 5.12. The number of aromatic nitrogens is 4. The Kier molecular flexibility index (Phi) is 6.80. The lowest BCUT2D eigenvalue weighted by Gasteiger charge is -2.21. The van der Waals surface area contributed by atoms with Gasteiger partial charge in [0.1, 0.15) is 0 Å². The largest absolute Gasteiger partial charge is 0.309 e. The Morgan fingerprint density at radius 3 is 1.96 bits per heavy atom. The molecule has 1 aliphatic carbocycles. The van der Waals surface area contributed by atoms with Gasteiger partial charge in [-0.2, -0.15) is 0 Å². The van der Waals surface area contributed by atoms with Gasteiger partial charge in [0.2, 0.25) is 0 Å². The van der Waals surface area contributed by atoms with E-state index in [4.69, 9.17) is 9.97 Å². The molecule has 0 aliphatic heterocycles. The molecule has 3 aromatic heterocycles. The van der Waals surface area contributed by atoms with Gasteiger partial charge in [-0.1, -0.05) is 123 Å². The van der Waals surface area contributed by atoms with Crippen LogP contribution in [-0.4, -0.2) is 19.5 Å². The molecule has 4 nitrogen and oxygen atoms in total. The maximum Gasteiger partial charge on any atom is 0.160 e. The van der Waals surface area contributed by atoms with Crippen LogP contribution in [0.25, 0.3) is 83.6 Å². The van der Waals surface area contributed by atoms with E-state index >= 15 is 0 Å². The quantitative estimate of drug-likeness (QED) is 0.184. The summed E-state index contributed by atoms with van der Waals surface area (Å²) in [5, 5.41) is 2.45. The second kappa shape index (κ2) is 11.7. The van der Waals surface area contributed by atoms with Gasteiger partial charge in [-0.15, -0.1) is 0 Å². The molecule has 0 radical (unpaired) electrons. The summed E-state index contributed by atoms with van der Waals surface area (Å²) in [6.45, 7) is 4.59. The molecule has 0 spiro atoms. The molecule has 0 amide bonds. The first kappa shape index (κ1) is 30.2. The van der Waals surface area contributed by atoms with E-state index in [-0.39, 0.29) is 5.41 Å². The van der Waals surface area contributed by atoms with Crippen LogP contribution in [0.4, 0.5) is 0 Å². The standard InChI is InChI=1S/C48H34N4/c1-48(2)41-22-20-33(27-39(41)37-24-25-49-30-42(37)48)34-21-23-46-40(28-34)38-18-9-10-19-45(38)52(46)36-17-11-16-35(26-36)44-29-43(31-12-5-3-6-13-31)50-47(51-44)32-14-7-4-8-15-32/h3-30H,1-2H3. The topological polar surface area (TPSA) is 43.6 Å². The molecule has 3 heterocycles. The Morgan fingerprint density at radius 2 is 1.13 bits per heavy atom. The van der Waals surface area contributed by atoms with Crippen molar-refractivity contribution in [3.63, 3.8) is 0 Å². The summed E-state index contributed by atoms with van der Waals surface area (Å²) < 4.78 is 2.38. The fourth-order valence-electron chi connectivity index (χ4n) is 8.07. The van der Waals surface area contributed by atoms with E-state index < -0.39 is 0 Å². The summed E-state index contributed by atoms with van der Waals surface area (Å²) in [7, 11) is 0. The molecule has 52 heavy (non-hydrogen) atoms. The number of benzene rings is 6. The molecule has 0 saturated carbocycles. The highest BCUT2D eigenvalue weighted by atomic mass is 15.0. The average Bonchev–Trinajstić information content (AvgIpc) is 3.66. The van der Waals surface area contributed by atoms with Crippen molar-refractivity contribution in [3.8, 4) is 61.8 Å². The van der Waals surface area contributed by atoms with E-state index in [0.29, 0.717) is 5.82 Å². The van der Waals surface area contributed by atoms with Crippen LogP contribution in [0.2, 0.25) is 0 Å². The van der Waals surface area contributed by atoms with Crippen molar-refractivity contribution in [2.24, 2.45) is 0 Å². The average molecular weight is 667 g/mol. The van der Waals surface area contributed by atoms with Crippen molar-refractivity contribution in [1.29, 1.82) is 0 Å². The normalized spacial score (nSPS) is 13.0. The number of hydrogen-bond acceptors (Lipinski definition) is 3. The van der Waals surface area contributed by atoms with Gasteiger partial charge in [0.25, 0.3) is 0 Å². The Hall–Kier alpha value is -6.65. The van der Waals surface area contributed by atoms with E-state index in [0.717, 1.165) is 33.8 Å². The first-order valence-electron chi connectivity index (χ1n) is 17.8. The van der Waals surface area contributed by atoms with Crippen molar-refractivity contribution >= 4 is 21.8 Å². The van der Waals surface area contributed by atoms with Gasteiger partial charge in [-0.3, -0.25) is 4.98 Å². The minimum absolute atomic E-state index is 0.0681. The zero-order valence-electron chi connectivity index (χ0n) is 29.0. The molecule has 1 aliphatic rings. The SMILES string of the molecule is CC1(C)c2ccc(-c3ccc4c(c3)c3ccccc3n4-c3cccc(-c4cc(-c5ccccc5)nc(-c5ccccc5)n4)c3)cc2-c2ccncc21. The van der Waals surface area contributed by atoms with E-state index in [1.165, 1.54) is 55.2 Å². The van der Waals surface area contributed by atoms with Crippen LogP contribution in [-0.2, 0) is 5.41 Å². The van der Waals surface area contributed by atoms with Crippen LogP contribution in [0.5, 0.6) is 0 Å². The molecular weight excluding hydrogens is 633 g/mol. The van der Waals surface area contributed by atoms with Crippen molar-refractivity contribution in [2.45, 2.75) is 19.3 Å². The van der Waals surface area contributed by atoms with Gasteiger partial charge in [0.05, 0.1) is 22.4 Å². The number of nitrogens with zero attached hydrogens (tertiary/aromatic N) is 4. The predicted molar refractivity (Wildman–Crippen MR) is 213 cm³/mol. The van der Waals surface area contributed by atoms with Crippen LogP contribution in [0.15, 0.2) is 170 Å². The summed E-state index contributed by atoms with van der Waals surface area (Å²) in [5.41, 5.74) is 15.9. The summed E-state index contributed by atoms with van der Waals surface area (Å²) >= 11 is 0. The molecule has 0 N–H and O–H groups in total. The van der Waals surface area contributed by atoms with Gasteiger partial charge in [0, 0.05) is 51.0 Å². The molecule has 0 fully saturated rings. The second-order valence-corrected chi connectivity index (χ2v) is 14.1. The van der Waals surface area contributed by atoms with E-state index in [9.17, 15) is 0 Å². The van der Waals surface area contributed by atoms with Gasteiger partial charge < -0.3 is 4.57 Å². The summed E-state index contributed by atoms with van der Waals surface area (Å²) in [6, 6.07) is 56.1. The molecular formula is C48H34N4. The minimum atomic E-state index is -0.0681. The summed E-state index contributed by atoms with van der Waals surface area (Å²) in [5.74, 6) is 0.710. The maximum atomic E-state index is 5.12. The molecule has 0 saturated heterocycles. The highest BCUT2D eigenvalue weighted by Crippen LogP contribution is 2.49. The molecule has 0 bridgehead atoms. The van der Waals surface area contributed by atoms with Crippen LogP contribution in [0.3, 0.4) is 0 Å². The first-order valence-corrected chi connectivity index (χ1v) is 17.8. The molecule has 0 unspecified atom stereocenters. The number of pyridine rings is 1. The zero-order valence-corrected chi connectivity index (χ0v) is 29.0. The van der Waals surface area contributed by atoms with E-state index in [2.05, 4.69) is 157 Å². The zero-order chi connectivity index (χ0) is 34.8. The third-order valence-electron chi connectivity index (χ3n) is 10.7. The van der Waals surface area contributed by atoms with Gasteiger partial charge in [-0.05, 0) is 81.9 Å². The Balaban J connectivity index is 1.11. The molecule has 6 aromatic carbocycles. The molecule has 9 aromatic rings. The molecule has 10 rings (SSSR count). The van der Waals surface area contributed by atoms with Gasteiger partial charge in [-0.25, -0.2) is 9.97 Å². The first-order chi connectivity index (χ1) is 25.5. The molecule has 4 heteroatoms. The molecule has 246 valence electrons. The minimum Gasteiger partial charge on any atom is -0.309 e. The lowest BCUT2D eigenvalue weighted by molar-refractivity contribution is 0.657. The Bertz CT molecular complexity index is 2760. The van der Waals surface area contributed by atoms with Crippen LogP contribution in [0, 0.1) is 0 Å². The Morgan fingerprint density at radius 1 is 0.462 bits per heavy atom. The Labute approximate surface area is 302 Å². The van der Waals surface area contributed by atoms with Crippen molar-refractivity contribution in [3.05, 3.63) is 181 Å². The summed E-state index contributed by atoms with van der Waals surface area (Å²) in [6.07, 6.45) is 3.93. The summed E-state index contributed by atoms with van der Waals surface area (Å²) in [4.78, 5) is 14.6. The fraction of sp³-hybridized carbons (Fsp3) is 0.0625. The number of hydrogen-bond donors (Lipinski definition) is 0. The van der Waals surface area contributed by atoms with Crippen molar-refractivity contribution in [1.82, 2.24) is 19.5 Å². The predicted octanol–water partition coefficient (Wildman–Crippen LogP) is 11.9. The fourth-order valence-corrected chi connectivity index (χ4v) is 8.07.